The molecule has 1 atom stereocenters. The zero-order valence-corrected chi connectivity index (χ0v) is 17.5. The van der Waals surface area contributed by atoms with Crippen LogP contribution in [0.1, 0.15) is 17.2 Å². The number of nitro benzene ring substituents is 1. The van der Waals surface area contributed by atoms with Gasteiger partial charge in [-0.3, -0.25) is 24.6 Å². The van der Waals surface area contributed by atoms with E-state index in [1.54, 1.807) is 29.6 Å². The van der Waals surface area contributed by atoms with Crippen LogP contribution in [0, 0.1) is 10.1 Å². The summed E-state index contributed by atoms with van der Waals surface area (Å²) in [6.07, 6.45) is 1.50. The van der Waals surface area contributed by atoms with E-state index in [4.69, 9.17) is 0 Å². The van der Waals surface area contributed by atoms with Gasteiger partial charge in [-0.25, -0.2) is 4.98 Å². The maximum Gasteiger partial charge on any atom is 0.301 e. The number of benzene rings is 2. The highest BCUT2D eigenvalue weighted by Crippen LogP contribution is 2.43. The van der Waals surface area contributed by atoms with Crippen molar-refractivity contribution in [1.29, 1.82) is 0 Å². The van der Waals surface area contributed by atoms with Gasteiger partial charge in [-0.15, -0.1) is 11.3 Å². The summed E-state index contributed by atoms with van der Waals surface area (Å²) < 4.78 is 0.786. The molecule has 3 aromatic rings. The maximum atomic E-state index is 12.9. The standard InChI is InChI=1S/C20H12BrN3O5S/c21-13-5-1-12(2-6-13)17(25)15-16(11-3-7-14(8-4-11)24(28)29)23(19(27)18(15)26)20-22-9-10-30-20/h1-10,16,25H/b17-15-. The van der Waals surface area contributed by atoms with Crippen molar-refractivity contribution in [3.05, 3.63) is 91.4 Å². The van der Waals surface area contributed by atoms with Crippen LogP contribution in [0.2, 0.25) is 0 Å². The number of anilines is 1. The van der Waals surface area contributed by atoms with E-state index in [1.165, 1.54) is 46.7 Å². The molecule has 1 aliphatic heterocycles. The molecule has 0 radical (unpaired) electrons. The molecule has 0 saturated carbocycles. The number of ketones is 1. The van der Waals surface area contributed by atoms with Gasteiger partial charge < -0.3 is 5.11 Å². The van der Waals surface area contributed by atoms with Gasteiger partial charge in [0.25, 0.3) is 11.5 Å². The molecule has 2 aromatic carbocycles. The molecule has 1 unspecified atom stereocenters. The molecule has 1 aliphatic rings. The summed E-state index contributed by atoms with van der Waals surface area (Å²) in [6, 6.07) is 11.2. The molecule has 0 spiro atoms. The molecule has 1 amide bonds. The summed E-state index contributed by atoms with van der Waals surface area (Å²) in [7, 11) is 0. The van der Waals surface area contributed by atoms with Crippen LogP contribution in [0.3, 0.4) is 0 Å². The van der Waals surface area contributed by atoms with E-state index in [9.17, 15) is 24.8 Å². The Morgan fingerprint density at radius 3 is 2.37 bits per heavy atom. The number of hydrogen-bond donors (Lipinski definition) is 1. The largest absolute Gasteiger partial charge is 0.507 e. The lowest BCUT2D eigenvalue weighted by atomic mass is 9.95. The van der Waals surface area contributed by atoms with Gasteiger partial charge in [-0.1, -0.05) is 28.1 Å². The summed E-state index contributed by atoms with van der Waals surface area (Å²) in [5, 5.41) is 23.9. The van der Waals surface area contributed by atoms with Gasteiger partial charge >= 0.3 is 5.91 Å². The number of nitro groups is 1. The van der Waals surface area contributed by atoms with Crippen molar-refractivity contribution in [3.8, 4) is 0 Å². The van der Waals surface area contributed by atoms with Crippen LogP contribution in [-0.2, 0) is 9.59 Å². The van der Waals surface area contributed by atoms with Gasteiger partial charge in [0.1, 0.15) is 5.76 Å². The lowest BCUT2D eigenvalue weighted by molar-refractivity contribution is -0.384. The molecule has 1 N–H and O–H groups in total. The van der Waals surface area contributed by atoms with E-state index in [1.807, 2.05) is 0 Å². The van der Waals surface area contributed by atoms with E-state index in [-0.39, 0.29) is 22.2 Å². The Morgan fingerprint density at radius 1 is 1.13 bits per heavy atom. The van der Waals surface area contributed by atoms with Crippen LogP contribution in [0.25, 0.3) is 5.76 Å². The lowest BCUT2D eigenvalue weighted by Gasteiger charge is -2.22. The molecular formula is C20H12BrN3O5S. The van der Waals surface area contributed by atoms with Crippen molar-refractivity contribution in [3.63, 3.8) is 0 Å². The number of rotatable bonds is 4. The van der Waals surface area contributed by atoms with Gasteiger partial charge in [-0.05, 0) is 29.8 Å². The van der Waals surface area contributed by atoms with Crippen LogP contribution in [0.15, 0.2) is 70.2 Å². The Hall–Kier alpha value is -3.37. The highest BCUT2D eigenvalue weighted by atomic mass is 79.9. The SMILES string of the molecule is O=C1C(=O)N(c2nccs2)C(c2ccc([N+](=O)[O-])cc2)/C1=C(/O)c1ccc(Br)cc1. The molecule has 30 heavy (non-hydrogen) atoms. The number of hydrogen-bond acceptors (Lipinski definition) is 7. The zero-order valence-electron chi connectivity index (χ0n) is 15.1. The van der Waals surface area contributed by atoms with Crippen LogP contribution in [0.4, 0.5) is 10.8 Å². The number of non-ortho nitro benzene ring substituents is 1. The number of nitrogens with zero attached hydrogens (tertiary/aromatic N) is 3. The van der Waals surface area contributed by atoms with E-state index in [0.29, 0.717) is 11.1 Å². The molecule has 1 fully saturated rings. The predicted octanol–water partition coefficient (Wildman–Crippen LogP) is 4.44. The smallest absolute Gasteiger partial charge is 0.301 e. The Kier molecular flexibility index (Phi) is 5.18. The Balaban J connectivity index is 1.91. The first-order valence-corrected chi connectivity index (χ1v) is 10.3. The maximum absolute atomic E-state index is 12.9. The summed E-state index contributed by atoms with van der Waals surface area (Å²) in [5.41, 5.74) is 0.570. The van der Waals surface area contributed by atoms with Gasteiger partial charge in [0, 0.05) is 33.7 Å². The van der Waals surface area contributed by atoms with E-state index in [2.05, 4.69) is 20.9 Å². The van der Waals surface area contributed by atoms with Crippen molar-refractivity contribution >= 4 is 55.5 Å². The minimum absolute atomic E-state index is 0.105. The van der Waals surface area contributed by atoms with Crippen molar-refractivity contribution in [2.45, 2.75) is 6.04 Å². The molecule has 2 heterocycles. The third-order valence-corrected chi connectivity index (χ3v) is 5.91. The predicted molar refractivity (Wildman–Crippen MR) is 114 cm³/mol. The fourth-order valence-corrected chi connectivity index (χ4v) is 4.15. The Bertz CT molecular complexity index is 1170. The molecular weight excluding hydrogens is 474 g/mol. The number of aromatic nitrogens is 1. The Morgan fingerprint density at radius 2 is 1.80 bits per heavy atom. The fourth-order valence-electron chi connectivity index (χ4n) is 3.22. The van der Waals surface area contributed by atoms with Gasteiger partial charge in [0.15, 0.2) is 5.13 Å². The number of aliphatic hydroxyl groups is 1. The van der Waals surface area contributed by atoms with E-state index < -0.39 is 22.7 Å². The average Bonchev–Trinajstić information content (AvgIpc) is 3.35. The van der Waals surface area contributed by atoms with E-state index in [0.717, 1.165) is 4.47 Å². The second-order valence-corrected chi connectivity index (χ2v) is 8.13. The molecule has 0 bridgehead atoms. The first-order chi connectivity index (χ1) is 14.4. The van der Waals surface area contributed by atoms with Crippen LogP contribution in [0.5, 0.6) is 0 Å². The first kappa shape index (κ1) is 19.9. The van der Waals surface area contributed by atoms with Crippen molar-refractivity contribution < 1.29 is 19.6 Å². The minimum atomic E-state index is -0.972. The number of Topliss-reactive ketones (excluding diaryl/α,β-unsaturated/α-hetero) is 1. The summed E-state index contributed by atoms with van der Waals surface area (Å²) in [4.78, 5) is 41.6. The highest BCUT2D eigenvalue weighted by Gasteiger charge is 2.48. The van der Waals surface area contributed by atoms with Crippen molar-refractivity contribution in [2.75, 3.05) is 4.90 Å². The highest BCUT2D eigenvalue weighted by molar-refractivity contribution is 9.10. The van der Waals surface area contributed by atoms with E-state index >= 15 is 0 Å². The molecule has 1 aromatic heterocycles. The van der Waals surface area contributed by atoms with Crippen LogP contribution < -0.4 is 4.90 Å². The van der Waals surface area contributed by atoms with Crippen molar-refractivity contribution in [1.82, 2.24) is 4.98 Å². The summed E-state index contributed by atoms with van der Waals surface area (Å²) in [5.74, 6) is -2.01. The molecule has 150 valence electrons. The minimum Gasteiger partial charge on any atom is -0.507 e. The van der Waals surface area contributed by atoms with Gasteiger partial charge in [0.2, 0.25) is 0 Å². The molecule has 10 heteroatoms. The third-order valence-electron chi connectivity index (χ3n) is 4.61. The molecule has 1 saturated heterocycles. The lowest BCUT2D eigenvalue weighted by Crippen LogP contribution is -2.29. The Labute approximate surface area is 182 Å². The molecule has 0 aliphatic carbocycles. The molecule has 8 nitrogen and oxygen atoms in total. The van der Waals surface area contributed by atoms with Crippen LogP contribution >= 0.6 is 27.3 Å². The topological polar surface area (TPSA) is 114 Å². The van der Waals surface area contributed by atoms with Gasteiger partial charge in [0.05, 0.1) is 16.5 Å². The normalized spacial score (nSPS) is 18.0. The first-order valence-electron chi connectivity index (χ1n) is 8.59. The summed E-state index contributed by atoms with van der Waals surface area (Å²) >= 11 is 4.48. The van der Waals surface area contributed by atoms with Gasteiger partial charge in [-0.2, -0.15) is 0 Å². The molecule has 4 rings (SSSR count). The fraction of sp³-hybridized carbons (Fsp3) is 0.0500. The third kappa shape index (κ3) is 3.40. The van der Waals surface area contributed by atoms with Crippen molar-refractivity contribution in [2.24, 2.45) is 0 Å². The number of halogens is 1. The number of carbonyl (C=O) groups excluding carboxylic acids is 2. The quantitative estimate of drug-likeness (QED) is 0.192. The summed E-state index contributed by atoms with van der Waals surface area (Å²) in [6.45, 7) is 0. The zero-order chi connectivity index (χ0) is 21.4. The second kappa shape index (κ2) is 7.81. The number of amides is 1. The monoisotopic (exact) mass is 485 g/mol. The average molecular weight is 486 g/mol. The second-order valence-electron chi connectivity index (χ2n) is 6.34. The number of thiazole rings is 1. The van der Waals surface area contributed by atoms with Crippen LogP contribution in [-0.4, -0.2) is 26.7 Å². The number of carbonyl (C=O) groups is 2. The number of aliphatic hydroxyl groups excluding tert-OH is 1.